The third-order valence-electron chi connectivity index (χ3n) is 4.07. The normalized spacial score (nSPS) is 15.3. The van der Waals surface area contributed by atoms with Crippen LogP contribution in [0.1, 0.15) is 27.6 Å². The smallest absolute Gasteiger partial charge is 0.343 e. The van der Waals surface area contributed by atoms with Crippen molar-refractivity contribution in [3.05, 3.63) is 62.3 Å². The first-order valence-electron chi connectivity index (χ1n) is 7.57. The Balaban J connectivity index is 2.26. The second kappa shape index (κ2) is 6.43. The van der Waals surface area contributed by atoms with E-state index in [0.717, 1.165) is 4.57 Å². The number of nitrogens with zero attached hydrogens (tertiary/aromatic N) is 1. The lowest BCUT2D eigenvalue weighted by Crippen LogP contribution is -2.33. The number of rotatable bonds is 5. The number of aromatic hydroxyl groups is 1. The van der Waals surface area contributed by atoms with E-state index in [1.165, 1.54) is 26.4 Å². The molecule has 1 aliphatic heterocycles. The second-order valence-electron chi connectivity index (χ2n) is 5.45. The summed E-state index contributed by atoms with van der Waals surface area (Å²) in [6, 6.07) is 3.09. The molecule has 136 valence electrons. The number of cyclic esters (lactones) is 1. The first kappa shape index (κ1) is 17.3. The minimum Gasteiger partial charge on any atom is -0.494 e. The molecule has 1 atom stereocenters. The Morgan fingerprint density at radius 2 is 2.04 bits per heavy atom. The zero-order chi connectivity index (χ0) is 19.0. The van der Waals surface area contributed by atoms with Crippen molar-refractivity contribution < 1.29 is 24.1 Å². The average Bonchev–Trinajstić information content (AvgIpc) is 2.94. The maximum absolute atomic E-state index is 12.4. The summed E-state index contributed by atoms with van der Waals surface area (Å²) in [5.41, 5.74) is -1.50. The molecule has 9 heteroatoms. The molecule has 2 heterocycles. The Labute approximate surface area is 147 Å². The van der Waals surface area contributed by atoms with E-state index < -0.39 is 29.2 Å². The molecule has 2 N–H and O–H groups in total. The SMILES string of the molecule is C=CCn1c(O)c([C@H]2OC(=O)c3c2ccc(OC)c3OC)c(=O)[nH]c1=O. The van der Waals surface area contributed by atoms with Crippen LogP contribution in [-0.2, 0) is 11.3 Å². The Kier molecular flexibility index (Phi) is 4.29. The van der Waals surface area contributed by atoms with Crippen molar-refractivity contribution in [2.45, 2.75) is 12.6 Å². The molecule has 0 saturated carbocycles. The summed E-state index contributed by atoms with van der Waals surface area (Å²) in [7, 11) is 2.79. The first-order valence-corrected chi connectivity index (χ1v) is 7.57. The number of esters is 1. The molecule has 0 saturated heterocycles. The van der Waals surface area contributed by atoms with Crippen LogP contribution in [-0.4, -0.2) is 34.8 Å². The summed E-state index contributed by atoms with van der Waals surface area (Å²) < 4.78 is 16.6. The summed E-state index contributed by atoms with van der Waals surface area (Å²) in [5.74, 6) is -0.855. The van der Waals surface area contributed by atoms with Crippen molar-refractivity contribution in [3.8, 4) is 17.4 Å². The van der Waals surface area contributed by atoms with Crippen LogP contribution >= 0.6 is 0 Å². The van der Waals surface area contributed by atoms with Crippen LogP contribution in [0.5, 0.6) is 17.4 Å². The second-order valence-corrected chi connectivity index (χ2v) is 5.45. The van der Waals surface area contributed by atoms with Crippen molar-refractivity contribution in [2.24, 2.45) is 0 Å². The van der Waals surface area contributed by atoms with Crippen molar-refractivity contribution in [3.63, 3.8) is 0 Å². The van der Waals surface area contributed by atoms with E-state index in [0.29, 0.717) is 11.3 Å². The number of carbonyl (C=O) groups excluding carboxylic acids is 1. The number of hydrogen-bond donors (Lipinski definition) is 2. The van der Waals surface area contributed by atoms with Crippen molar-refractivity contribution in [1.82, 2.24) is 9.55 Å². The van der Waals surface area contributed by atoms with Crippen LogP contribution in [0.3, 0.4) is 0 Å². The molecule has 0 amide bonds. The van der Waals surface area contributed by atoms with Crippen LogP contribution in [0.2, 0.25) is 0 Å². The number of benzene rings is 1. The van der Waals surface area contributed by atoms with Gasteiger partial charge in [-0.25, -0.2) is 9.59 Å². The highest BCUT2D eigenvalue weighted by atomic mass is 16.6. The van der Waals surface area contributed by atoms with E-state index in [-0.39, 0.29) is 23.4 Å². The van der Waals surface area contributed by atoms with E-state index in [2.05, 4.69) is 11.6 Å². The number of carbonyl (C=O) groups is 1. The monoisotopic (exact) mass is 360 g/mol. The van der Waals surface area contributed by atoms with Crippen molar-refractivity contribution in [1.29, 1.82) is 0 Å². The van der Waals surface area contributed by atoms with Gasteiger partial charge in [-0.15, -0.1) is 6.58 Å². The Morgan fingerprint density at radius 1 is 1.31 bits per heavy atom. The molecule has 1 aromatic heterocycles. The molecule has 9 nitrogen and oxygen atoms in total. The fourth-order valence-electron chi connectivity index (χ4n) is 2.92. The van der Waals surface area contributed by atoms with Gasteiger partial charge in [0.15, 0.2) is 17.6 Å². The highest BCUT2D eigenvalue weighted by molar-refractivity contribution is 5.98. The van der Waals surface area contributed by atoms with Crippen molar-refractivity contribution >= 4 is 5.97 Å². The highest BCUT2D eigenvalue weighted by Crippen LogP contribution is 2.44. The molecule has 26 heavy (non-hydrogen) atoms. The van der Waals surface area contributed by atoms with Gasteiger partial charge in [0.2, 0.25) is 5.88 Å². The average molecular weight is 360 g/mol. The first-order chi connectivity index (χ1) is 12.4. The molecule has 0 spiro atoms. The molecule has 0 aliphatic carbocycles. The molecule has 0 radical (unpaired) electrons. The quantitative estimate of drug-likeness (QED) is 0.595. The Morgan fingerprint density at radius 3 is 2.65 bits per heavy atom. The van der Waals surface area contributed by atoms with Crippen LogP contribution in [0, 0.1) is 0 Å². The number of aromatic amines is 1. The number of allylic oxidation sites excluding steroid dienone is 1. The Bertz CT molecular complexity index is 1020. The lowest BCUT2D eigenvalue weighted by molar-refractivity contribution is 0.0446. The third-order valence-corrected chi connectivity index (χ3v) is 4.07. The molecule has 1 aliphatic rings. The standard InChI is InChI=1S/C17H16N2O7/c1-4-7-19-15(21)11(14(20)18-17(19)23)12-8-5-6-9(24-2)13(25-3)10(8)16(22)26-12/h4-6,12,21H,1,7H2,2-3H3,(H,18,20,23)/t12-/m0/s1. The molecular weight excluding hydrogens is 344 g/mol. The van der Waals surface area contributed by atoms with Gasteiger partial charge in [0.05, 0.1) is 14.2 Å². The molecule has 0 fully saturated rings. The van der Waals surface area contributed by atoms with Gasteiger partial charge in [-0.05, 0) is 6.07 Å². The van der Waals surface area contributed by atoms with Gasteiger partial charge in [-0.2, -0.15) is 0 Å². The molecule has 0 unspecified atom stereocenters. The molecule has 3 rings (SSSR count). The minimum atomic E-state index is -1.20. The number of nitrogens with one attached hydrogen (secondary N) is 1. The maximum atomic E-state index is 12.4. The van der Waals surface area contributed by atoms with Crippen LogP contribution in [0.15, 0.2) is 34.4 Å². The van der Waals surface area contributed by atoms with Gasteiger partial charge in [0.1, 0.15) is 11.1 Å². The summed E-state index contributed by atoms with van der Waals surface area (Å²) in [5, 5.41) is 10.4. The van der Waals surface area contributed by atoms with E-state index >= 15 is 0 Å². The predicted octanol–water partition coefficient (Wildman–Crippen LogP) is 0.705. The number of methoxy groups -OCH3 is 2. The number of H-pyrrole nitrogens is 1. The third kappa shape index (κ3) is 2.44. The summed E-state index contributed by atoms with van der Waals surface area (Å²) >= 11 is 0. The van der Waals surface area contributed by atoms with Gasteiger partial charge in [-0.3, -0.25) is 14.3 Å². The fourth-order valence-corrected chi connectivity index (χ4v) is 2.92. The van der Waals surface area contributed by atoms with E-state index in [9.17, 15) is 19.5 Å². The molecule has 2 aromatic rings. The van der Waals surface area contributed by atoms with E-state index in [1.54, 1.807) is 6.07 Å². The van der Waals surface area contributed by atoms with Gasteiger partial charge < -0.3 is 19.3 Å². The topological polar surface area (TPSA) is 120 Å². The van der Waals surface area contributed by atoms with Crippen molar-refractivity contribution in [2.75, 3.05) is 14.2 Å². The van der Waals surface area contributed by atoms with Gasteiger partial charge in [-0.1, -0.05) is 12.1 Å². The predicted molar refractivity (Wildman–Crippen MR) is 90.0 cm³/mol. The van der Waals surface area contributed by atoms with Gasteiger partial charge in [0, 0.05) is 12.1 Å². The number of ether oxygens (including phenoxy) is 3. The largest absolute Gasteiger partial charge is 0.494 e. The van der Waals surface area contributed by atoms with Crippen LogP contribution < -0.4 is 20.7 Å². The number of fused-ring (bicyclic) bond motifs is 1. The van der Waals surface area contributed by atoms with Crippen LogP contribution in [0.4, 0.5) is 0 Å². The highest BCUT2D eigenvalue weighted by Gasteiger charge is 2.40. The van der Waals surface area contributed by atoms with E-state index in [1.807, 2.05) is 0 Å². The zero-order valence-corrected chi connectivity index (χ0v) is 14.1. The molecular formula is C17H16N2O7. The summed E-state index contributed by atoms with van der Waals surface area (Å²) in [6.45, 7) is 3.47. The minimum absolute atomic E-state index is 0.0338. The summed E-state index contributed by atoms with van der Waals surface area (Å²) in [4.78, 5) is 38.6. The maximum Gasteiger partial charge on any atom is 0.343 e. The number of aromatic nitrogens is 2. The Hall–Kier alpha value is -3.49. The molecule has 1 aromatic carbocycles. The summed E-state index contributed by atoms with van der Waals surface area (Å²) in [6.07, 6.45) is 0.184. The fraction of sp³-hybridized carbons (Fsp3) is 0.235. The lowest BCUT2D eigenvalue weighted by atomic mass is 9.99. The zero-order valence-electron chi connectivity index (χ0n) is 14.1. The lowest BCUT2D eigenvalue weighted by Gasteiger charge is -2.15. The van der Waals surface area contributed by atoms with Crippen LogP contribution in [0.25, 0.3) is 0 Å². The number of hydrogen-bond acceptors (Lipinski definition) is 7. The van der Waals surface area contributed by atoms with Gasteiger partial charge in [0.25, 0.3) is 5.56 Å². The molecule has 0 bridgehead atoms. The van der Waals surface area contributed by atoms with E-state index in [4.69, 9.17) is 14.2 Å². The van der Waals surface area contributed by atoms with Gasteiger partial charge >= 0.3 is 11.7 Å².